The van der Waals surface area contributed by atoms with E-state index in [1.165, 1.54) is 25.4 Å². The van der Waals surface area contributed by atoms with Crippen molar-refractivity contribution in [3.05, 3.63) is 66.1 Å². The minimum atomic E-state index is -2.93. The third-order valence-corrected chi connectivity index (χ3v) is 3.79. The first-order chi connectivity index (χ1) is 13.5. The molecule has 2 aromatic heterocycles. The predicted octanol–water partition coefficient (Wildman–Crippen LogP) is 4.11. The van der Waals surface area contributed by atoms with Crippen LogP contribution in [0.1, 0.15) is 16.1 Å². The summed E-state index contributed by atoms with van der Waals surface area (Å²) in [7, 11) is 1.52. The maximum absolute atomic E-state index is 12.5. The van der Waals surface area contributed by atoms with E-state index in [4.69, 9.17) is 14.6 Å². The molecule has 0 saturated heterocycles. The van der Waals surface area contributed by atoms with Crippen molar-refractivity contribution in [1.82, 2.24) is 9.55 Å². The molecular weight excluding hydrogens is 374 g/mol. The van der Waals surface area contributed by atoms with Crippen molar-refractivity contribution < 1.29 is 32.9 Å². The average molecular weight is 390 g/mol. The van der Waals surface area contributed by atoms with E-state index in [1.807, 2.05) is 0 Å². The normalized spacial score (nSPS) is 10.9. The Morgan fingerprint density at radius 3 is 2.50 bits per heavy atom. The first-order valence-corrected chi connectivity index (χ1v) is 8.09. The second-order valence-corrected chi connectivity index (χ2v) is 5.60. The zero-order valence-electron chi connectivity index (χ0n) is 14.7. The number of aromatic nitrogens is 2. The lowest BCUT2D eigenvalue weighted by Crippen LogP contribution is -2.05. The molecule has 7 nitrogen and oxygen atoms in total. The number of carboxylic acids is 1. The van der Waals surface area contributed by atoms with Gasteiger partial charge in [0.05, 0.1) is 37.4 Å². The van der Waals surface area contributed by atoms with Crippen molar-refractivity contribution in [2.75, 3.05) is 7.11 Å². The van der Waals surface area contributed by atoms with E-state index in [9.17, 15) is 13.6 Å². The molecule has 0 saturated carbocycles. The van der Waals surface area contributed by atoms with Crippen LogP contribution in [0, 0.1) is 0 Å². The largest absolute Gasteiger partial charge is 0.495 e. The van der Waals surface area contributed by atoms with Crippen molar-refractivity contribution in [1.29, 1.82) is 0 Å². The number of benzene rings is 1. The zero-order chi connectivity index (χ0) is 20.1. The van der Waals surface area contributed by atoms with E-state index < -0.39 is 12.6 Å². The molecule has 9 heteroatoms. The second kappa shape index (κ2) is 8.49. The summed E-state index contributed by atoms with van der Waals surface area (Å²) in [4.78, 5) is 15.1. The monoisotopic (exact) mass is 390 g/mol. The van der Waals surface area contributed by atoms with Gasteiger partial charge < -0.3 is 23.9 Å². The van der Waals surface area contributed by atoms with Crippen LogP contribution < -0.4 is 9.47 Å². The fraction of sp³-hybridized carbons (Fsp3) is 0.158. The number of ether oxygens (including phenoxy) is 3. The molecule has 146 valence electrons. The first-order valence-electron chi connectivity index (χ1n) is 8.09. The molecule has 0 aliphatic carbocycles. The van der Waals surface area contributed by atoms with Gasteiger partial charge >= 0.3 is 12.6 Å². The van der Waals surface area contributed by atoms with Crippen LogP contribution in [0.15, 0.2) is 54.9 Å². The van der Waals surface area contributed by atoms with E-state index in [0.29, 0.717) is 28.8 Å². The van der Waals surface area contributed by atoms with E-state index >= 15 is 0 Å². The number of halogens is 2. The lowest BCUT2D eigenvalue weighted by Gasteiger charge is -2.09. The van der Waals surface area contributed by atoms with Crippen LogP contribution >= 0.6 is 0 Å². The molecule has 0 unspecified atom stereocenters. The van der Waals surface area contributed by atoms with Gasteiger partial charge in [0.25, 0.3) is 0 Å². The molecule has 0 spiro atoms. The molecule has 1 aromatic carbocycles. The molecule has 0 fully saturated rings. The maximum Gasteiger partial charge on any atom is 0.345 e. The Balaban J connectivity index is 1.89. The third-order valence-electron chi connectivity index (χ3n) is 3.79. The van der Waals surface area contributed by atoms with Crippen LogP contribution in [0.4, 0.5) is 8.78 Å². The van der Waals surface area contributed by atoms with Crippen LogP contribution in [0.3, 0.4) is 0 Å². The summed E-state index contributed by atoms with van der Waals surface area (Å²) in [6.07, 6.45) is 3.06. The minimum Gasteiger partial charge on any atom is -0.495 e. The van der Waals surface area contributed by atoms with Gasteiger partial charge in [-0.1, -0.05) is 0 Å². The van der Waals surface area contributed by atoms with Crippen LogP contribution in [0.2, 0.25) is 0 Å². The van der Waals surface area contributed by atoms with E-state index in [1.54, 1.807) is 41.1 Å². The number of methoxy groups -OCH3 is 1. The van der Waals surface area contributed by atoms with Crippen LogP contribution in [0.25, 0.3) is 5.69 Å². The fourth-order valence-electron chi connectivity index (χ4n) is 2.47. The van der Waals surface area contributed by atoms with Crippen molar-refractivity contribution in [2.45, 2.75) is 13.2 Å². The van der Waals surface area contributed by atoms with Crippen LogP contribution in [-0.2, 0) is 11.3 Å². The topological polar surface area (TPSA) is 82.8 Å². The van der Waals surface area contributed by atoms with Crippen molar-refractivity contribution in [3.8, 4) is 23.1 Å². The molecular formula is C19H16F2N2O5. The molecule has 2 heterocycles. The zero-order valence-corrected chi connectivity index (χ0v) is 14.7. The Hall–Kier alpha value is -3.46. The highest BCUT2D eigenvalue weighted by molar-refractivity contribution is 5.87. The molecule has 3 aromatic rings. The highest BCUT2D eigenvalue weighted by Crippen LogP contribution is 2.27. The number of nitrogens with zero attached hydrogens (tertiary/aromatic N) is 2. The summed E-state index contributed by atoms with van der Waals surface area (Å²) in [5.41, 5.74) is 1.07. The molecule has 0 amide bonds. The van der Waals surface area contributed by atoms with Gasteiger partial charge in [-0.05, 0) is 30.3 Å². The first kappa shape index (κ1) is 19.3. The number of alkyl halides is 2. The molecule has 28 heavy (non-hydrogen) atoms. The Kier molecular flexibility index (Phi) is 5.85. The standard InChI is InChI=1S/C19H16F2N2O5/c1-26-15-6-7-17(22-9-15)28-16-8-14(11-27-19(20)21)23(10-16)13-4-2-12(3-5-13)18(24)25/h2-10,19H,11H2,1H3,(H,24,25). The number of pyridine rings is 1. The lowest BCUT2D eigenvalue weighted by molar-refractivity contribution is -0.138. The van der Waals surface area contributed by atoms with Gasteiger partial charge in [-0.2, -0.15) is 8.78 Å². The molecule has 0 aliphatic heterocycles. The maximum atomic E-state index is 12.5. The van der Waals surface area contributed by atoms with Gasteiger partial charge in [0.15, 0.2) is 0 Å². The van der Waals surface area contributed by atoms with Gasteiger partial charge in [-0.25, -0.2) is 9.78 Å². The van der Waals surface area contributed by atoms with Gasteiger partial charge in [-0.3, -0.25) is 0 Å². The molecule has 0 aliphatic rings. The highest BCUT2D eigenvalue weighted by atomic mass is 19.3. The number of carboxylic acid groups (broad SMARTS) is 1. The van der Waals surface area contributed by atoms with Gasteiger partial charge in [-0.15, -0.1) is 0 Å². The summed E-state index contributed by atoms with van der Waals surface area (Å²) >= 11 is 0. The van der Waals surface area contributed by atoms with E-state index in [0.717, 1.165) is 0 Å². The van der Waals surface area contributed by atoms with Crippen LogP contribution in [-0.4, -0.2) is 34.3 Å². The predicted molar refractivity (Wildman–Crippen MR) is 94.4 cm³/mol. The summed E-state index contributed by atoms with van der Waals surface area (Å²) in [6, 6.07) is 10.8. The number of hydrogen-bond donors (Lipinski definition) is 1. The second-order valence-electron chi connectivity index (χ2n) is 5.60. The summed E-state index contributed by atoms with van der Waals surface area (Å²) < 4.78 is 41.6. The number of carbonyl (C=O) groups is 1. The minimum absolute atomic E-state index is 0.111. The molecule has 3 rings (SSSR count). The quantitative estimate of drug-likeness (QED) is 0.623. The summed E-state index contributed by atoms with van der Waals surface area (Å²) in [5.74, 6) is 0.151. The van der Waals surface area contributed by atoms with E-state index in [2.05, 4.69) is 9.72 Å². The Bertz CT molecular complexity index is 940. The third kappa shape index (κ3) is 4.63. The SMILES string of the molecule is COc1ccc(Oc2cc(COC(F)F)n(-c3ccc(C(=O)O)cc3)c2)nc1. The fourth-order valence-corrected chi connectivity index (χ4v) is 2.47. The van der Waals surface area contributed by atoms with Crippen molar-refractivity contribution in [3.63, 3.8) is 0 Å². The Morgan fingerprint density at radius 2 is 1.93 bits per heavy atom. The molecule has 0 radical (unpaired) electrons. The number of aromatic carboxylic acids is 1. The van der Waals surface area contributed by atoms with Crippen molar-refractivity contribution in [2.24, 2.45) is 0 Å². The smallest absolute Gasteiger partial charge is 0.345 e. The number of rotatable bonds is 8. The molecule has 1 N–H and O–H groups in total. The van der Waals surface area contributed by atoms with Gasteiger partial charge in [0.2, 0.25) is 5.88 Å². The van der Waals surface area contributed by atoms with Gasteiger partial charge in [0.1, 0.15) is 11.5 Å². The summed E-state index contributed by atoms with van der Waals surface area (Å²) in [6.45, 7) is -3.29. The Labute approximate surface area is 158 Å². The highest BCUT2D eigenvalue weighted by Gasteiger charge is 2.13. The van der Waals surface area contributed by atoms with Gasteiger partial charge in [0, 0.05) is 17.8 Å². The van der Waals surface area contributed by atoms with E-state index in [-0.39, 0.29) is 12.2 Å². The van der Waals surface area contributed by atoms with Crippen molar-refractivity contribution >= 4 is 5.97 Å². The molecule has 0 bridgehead atoms. The average Bonchev–Trinajstić information content (AvgIpc) is 3.09. The lowest BCUT2D eigenvalue weighted by atomic mass is 10.2. The summed E-state index contributed by atoms with van der Waals surface area (Å²) in [5, 5.41) is 9.01. The number of hydrogen-bond acceptors (Lipinski definition) is 5. The van der Waals surface area contributed by atoms with Crippen LogP contribution in [0.5, 0.6) is 17.4 Å². The Morgan fingerprint density at radius 1 is 1.18 bits per heavy atom. The molecule has 0 atom stereocenters.